The van der Waals surface area contributed by atoms with Gasteiger partial charge in [0.25, 0.3) is 0 Å². The summed E-state index contributed by atoms with van der Waals surface area (Å²) >= 11 is 0. The second-order valence-electron chi connectivity index (χ2n) is 9.95. The van der Waals surface area contributed by atoms with E-state index in [-0.39, 0.29) is 11.3 Å². The molecule has 0 aromatic carbocycles. The van der Waals surface area contributed by atoms with Crippen LogP contribution in [0.5, 0.6) is 0 Å². The fraction of sp³-hybridized carbons (Fsp3) is 0.857. The highest BCUT2D eigenvalue weighted by Gasteiger charge is 2.55. The van der Waals surface area contributed by atoms with Crippen LogP contribution in [0.4, 0.5) is 0 Å². The predicted molar refractivity (Wildman–Crippen MR) is 101 cm³/mol. The number of rotatable bonds is 4. The van der Waals surface area contributed by atoms with Crippen molar-refractivity contribution >= 4 is 5.91 Å². The van der Waals surface area contributed by atoms with E-state index in [1.807, 2.05) is 0 Å². The van der Waals surface area contributed by atoms with Crippen LogP contribution < -0.4 is 0 Å². The Hall–Kier alpha value is -1.43. The molecule has 5 fully saturated rings. The van der Waals surface area contributed by atoms with Crippen LogP contribution in [0, 0.1) is 23.2 Å². The molecule has 1 aromatic rings. The number of carbonyl (C=O) groups is 1. The maximum Gasteiger partial charge on any atom is 0.230 e. The van der Waals surface area contributed by atoms with E-state index < -0.39 is 0 Å². The molecule has 6 rings (SSSR count). The zero-order valence-electron chi connectivity index (χ0n) is 16.7. The summed E-state index contributed by atoms with van der Waals surface area (Å²) in [7, 11) is 0. The van der Waals surface area contributed by atoms with Crippen molar-refractivity contribution in [2.75, 3.05) is 26.2 Å². The minimum atomic E-state index is -0.00439. The van der Waals surface area contributed by atoms with E-state index in [1.54, 1.807) is 0 Å². The highest BCUT2D eigenvalue weighted by molar-refractivity contribution is 5.83. The number of carbonyl (C=O) groups excluding carboxylic acids is 1. The first-order chi connectivity index (χ1) is 13.0. The molecule has 4 aliphatic carbocycles. The van der Waals surface area contributed by atoms with E-state index >= 15 is 0 Å². The van der Waals surface area contributed by atoms with Crippen LogP contribution in [0.25, 0.3) is 0 Å². The van der Waals surface area contributed by atoms with Gasteiger partial charge in [-0.05, 0) is 56.3 Å². The van der Waals surface area contributed by atoms with Crippen molar-refractivity contribution in [1.82, 2.24) is 20.0 Å². The van der Waals surface area contributed by atoms with Crippen molar-refractivity contribution in [3.05, 3.63) is 11.8 Å². The lowest BCUT2D eigenvalue weighted by Gasteiger charge is -2.57. The van der Waals surface area contributed by atoms with E-state index in [0.717, 1.165) is 43.9 Å². The van der Waals surface area contributed by atoms with Crippen molar-refractivity contribution in [3.63, 3.8) is 0 Å². The molecule has 148 valence electrons. The minimum Gasteiger partial charge on any atom is -0.424 e. The average Bonchev–Trinajstić information content (AvgIpc) is 3.09. The van der Waals surface area contributed by atoms with Crippen LogP contribution in [-0.4, -0.2) is 52.1 Å². The standard InChI is InChI=1S/C21H32N4O2/c1-14(2)19-23-22-18(27-19)13-24-3-5-25(6-4-24)20(26)21-10-15-7-16(11-21)9-17(8-15)12-21/h14-17H,3-13H2,1-2H3. The molecule has 1 aromatic heterocycles. The molecule has 0 N–H and O–H groups in total. The van der Waals surface area contributed by atoms with E-state index in [2.05, 4.69) is 33.8 Å². The summed E-state index contributed by atoms with van der Waals surface area (Å²) in [5.41, 5.74) is -0.00439. The Balaban J connectivity index is 1.19. The van der Waals surface area contributed by atoms with Gasteiger partial charge in [-0.3, -0.25) is 9.69 Å². The van der Waals surface area contributed by atoms with E-state index in [0.29, 0.717) is 24.2 Å². The van der Waals surface area contributed by atoms with Crippen LogP contribution in [0.2, 0.25) is 0 Å². The summed E-state index contributed by atoms with van der Waals surface area (Å²) in [6, 6.07) is 0. The number of aromatic nitrogens is 2. The average molecular weight is 373 g/mol. The molecule has 4 bridgehead atoms. The number of amides is 1. The summed E-state index contributed by atoms with van der Waals surface area (Å²) in [6.07, 6.45) is 7.67. The third kappa shape index (κ3) is 3.20. The summed E-state index contributed by atoms with van der Waals surface area (Å²) in [5, 5.41) is 8.30. The van der Waals surface area contributed by atoms with E-state index in [9.17, 15) is 4.79 Å². The highest BCUT2D eigenvalue weighted by Crippen LogP contribution is 2.60. The predicted octanol–water partition coefficient (Wildman–Crippen LogP) is 3.05. The maximum atomic E-state index is 13.5. The largest absolute Gasteiger partial charge is 0.424 e. The van der Waals surface area contributed by atoms with Gasteiger partial charge in [0, 0.05) is 32.1 Å². The topological polar surface area (TPSA) is 62.5 Å². The first-order valence-corrected chi connectivity index (χ1v) is 10.8. The van der Waals surface area contributed by atoms with Gasteiger partial charge in [-0.25, -0.2) is 0 Å². The Labute approximate surface area is 161 Å². The third-order valence-corrected chi connectivity index (χ3v) is 7.49. The molecule has 0 atom stereocenters. The summed E-state index contributed by atoms with van der Waals surface area (Å²) in [5.74, 6) is 4.62. The van der Waals surface area contributed by atoms with Crippen molar-refractivity contribution in [2.45, 2.75) is 64.8 Å². The Morgan fingerprint density at radius 3 is 2.15 bits per heavy atom. The highest BCUT2D eigenvalue weighted by atomic mass is 16.4. The van der Waals surface area contributed by atoms with Crippen LogP contribution in [0.1, 0.15) is 70.1 Å². The summed E-state index contributed by atoms with van der Waals surface area (Å²) < 4.78 is 5.74. The van der Waals surface area contributed by atoms with Crippen LogP contribution >= 0.6 is 0 Å². The second-order valence-corrected chi connectivity index (χ2v) is 9.95. The smallest absolute Gasteiger partial charge is 0.230 e. The van der Waals surface area contributed by atoms with Crippen molar-refractivity contribution in [3.8, 4) is 0 Å². The Morgan fingerprint density at radius 1 is 1.04 bits per heavy atom. The lowest BCUT2D eigenvalue weighted by molar-refractivity contribution is -0.159. The van der Waals surface area contributed by atoms with Gasteiger partial charge >= 0.3 is 0 Å². The molecule has 5 aliphatic rings. The fourth-order valence-corrected chi connectivity index (χ4v) is 6.57. The van der Waals surface area contributed by atoms with Crippen molar-refractivity contribution in [1.29, 1.82) is 0 Å². The van der Waals surface area contributed by atoms with Crippen molar-refractivity contribution < 1.29 is 9.21 Å². The quantitative estimate of drug-likeness (QED) is 0.813. The normalized spacial score (nSPS) is 36.0. The van der Waals surface area contributed by atoms with Gasteiger partial charge in [-0.1, -0.05) is 13.8 Å². The molecular weight excluding hydrogens is 340 g/mol. The summed E-state index contributed by atoms with van der Waals surface area (Å²) in [6.45, 7) is 8.30. The maximum absolute atomic E-state index is 13.5. The molecule has 1 saturated heterocycles. The van der Waals surface area contributed by atoms with Gasteiger partial charge < -0.3 is 9.32 Å². The number of hydrogen-bond donors (Lipinski definition) is 0. The number of hydrogen-bond acceptors (Lipinski definition) is 5. The molecule has 6 nitrogen and oxygen atoms in total. The minimum absolute atomic E-state index is 0.00439. The van der Waals surface area contributed by atoms with Gasteiger partial charge in [0.15, 0.2) is 0 Å². The molecule has 1 amide bonds. The van der Waals surface area contributed by atoms with Crippen LogP contribution in [0.15, 0.2) is 4.42 Å². The zero-order chi connectivity index (χ0) is 18.6. The first-order valence-electron chi connectivity index (χ1n) is 10.8. The Bertz CT molecular complexity index is 670. The number of piperazine rings is 1. The lowest BCUT2D eigenvalue weighted by atomic mass is 9.49. The SMILES string of the molecule is CC(C)c1nnc(CN2CCN(C(=O)C34CC5CC(CC(C5)C3)C4)CC2)o1. The van der Waals surface area contributed by atoms with Crippen molar-refractivity contribution in [2.24, 2.45) is 23.2 Å². The van der Waals surface area contributed by atoms with Crippen LogP contribution in [0.3, 0.4) is 0 Å². The van der Waals surface area contributed by atoms with Gasteiger partial charge in [0.1, 0.15) is 0 Å². The van der Waals surface area contributed by atoms with Gasteiger partial charge in [-0.15, -0.1) is 10.2 Å². The molecule has 0 radical (unpaired) electrons. The van der Waals surface area contributed by atoms with Gasteiger partial charge in [0.2, 0.25) is 17.7 Å². The molecular formula is C21H32N4O2. The molecule has 0 unspecified atom stereocenters. The zero-order valence-corrected chi connectivity index (χ0v) is 16.7. The lowest BCUT2D eigenvalue weighted by Crippen LogP contribution is -2.58. The summed E-state index contributed by atoms with van der Waals surface area (Å²) in [4.78, 5) is 18.0. The molecule has 6 heteroatoms. The Morgan fingerprint density at radius 2 is 1.63 bits per heavy atom. The molecule has 4 saturated carbocycles. The molecule has 0 spiro atoms. The van der Waals surface area contributed by atoms with Gasteiger partial charge in [0.05, 0.1) is 12.0 Å². The molecule has 1 aliphatic heterocycles. The third-order valence-electron chi connectivity index (χ3n) is 7.49. The molecule has 2 heterocycles. The Kier molecular flexibility index (Phi) is 4.30. The number of nitrogens with zero attached hydrogens (tertiary/aromatic N) is 4. The first kappa shape index (κ1) is 17.7. The second kappa shape index (κ2) is 6.57. The fourth-order valence-electron chi connectivity index (χ4n) is 6.57. The van der Waals surface area contributed by atoms with E-state index in [1.165, 1.54) is 38.5 Å². The monoisotopic (exact) mass is 372 g/mol. The van der Waals surface area contributed by atoms with E-state index in [4.69, 9.17) is 4.42 Å². The van der Waals surface area contributed by atoms with Gasteiger partial charge in [-0.2, -0.15) is 0 Å². The van der Waals surface area contributed by atoms with Crippen LogP contribution in [-0.2, 0) is 11.3 Å². The molecule has 27 heavy (non-hydrogen) atoms.